The number of ether oxygens (including phenoxy) is 2. The second kappa shape index (κ2) is 7.36. The molecule has 3 rings (SSSR count). The van der Waals surface area contributed by atoms with Crippen LogP contribution in [0.25, 0.3) is 0 Å². The summed E-state index contributed by atoms with van der Waals surface area (Å²) < 4.78 is 37.4. The van der Waals surface area contributed by atoms with Crippen molar-refractivity contribution in [1.29, 1.82) is 0 Å². The maximum Gasteiger partial charge on any atom is 0.387 e. The molecule has 1 N–H and O–H groups in total. The summed E-state index contributed by atoms with van der Waals surface area (Å²) in [7, 11) is 0. The summed E-state index contributed by atoms with van der Waals surface area (Å²) in [5, 5.41) is 14.2. The molecule has 26 heavy (non-hydrogen) atoms. The van der Waals surface area contributed by atoms with Crippen molar-refractivity contribution in [2.45, 2.75) is 26.5 Å². The monoisotopic (exact) mass is 429 g/mol. The van der Waals surface area contributed by atoms with Crippen LogP contribution in [0.15, 0.2) is 33.9 Å². The van der Waals surface area contributed by atoms with Gasteiger partial charge in [-0.25, -0.2) is 4.79 Å². The lowest BCUT2D eigenvalue weighted by molar-refractivity contribution is -0.139. The second-order valence-corrected chi connectivity index (χ2v) is 6.21. The normalized spacial score (nSPS) is 16.3. The third-order valence-electron chi connectivity index (χ3n) is 3.69. The van der Waals surface area contributed by atoms with Gasteiger partial charge in [0.15, 0.2) is 0 Å². The van der Waals surface area contributed by atoms with Crippen molar-refractivity contribution in [3.63, 3.8) is 0 Å². The Labute approximate surface area is 155 Å². The lowest BCUT2D eigenvalue weighted by atomic mass is 9.95. The molecule has 0 saturated carbocycles. The Balaban J connectivity index is 2.20. The minimum atomic E-state index is -3.03. The number of tetrazole rings is 1. The lowest BCUT2D eigenvalue weighted by Gasteiger charge is -2.28. The first-order valence-electron chi connectivity index (χ1n) is 7.59. The molecule has 2 heterocycles. The smallest absolute Gasteiger partial charge is 0.387 e. The van der Waals surface area contributed by atoms with Gasteiger partial charge in [0.1, 0.15) is 11.8 Å². The van der Waals surface area contributed by atoms with E-state index in [0.717, 1.165) is 0 Å². The average Bonchev–Trinajstić information content (AvgIpc) is 3.03. The number of fused-ring (bicyclic) bond motifs is 1. The van der Waals surface area contributed by atoms with E-state index in [1.165, 1.54) is 10.7 Å². The molecule has 2 aromatic rings. The topological polar surface area (TPSA) is 91.2 Å². The summed E-state index contributed by atoms with van der Waals surface area (Å²) in [6.07, 6.45) is 0. The van der Waals surface area contributed by atoms with E-state index in [1.807, 2.05) is 0 Å². The first kappa shape index (κ1) is 18.2. The maximum absolute atomic E-state index is 12.9. The fourth-order valence-corrected chi connectivity index (χ4v) is 3.09. The van der Waals surface area contributed by atoms with Crippen molar-refractivity contribution in [2.24, 2.45) is 0 Å². The van der Waals surface area contributed by atoms with Crippen LogP contribution in [0.1, 0.15) is 25.5 Å². The van der Waals surface area contributed by atoms with Crippen LogP contribution < -0.4 is 10.1 Å². The Morgan fingerprint density at radius 3 is 2.92 bits per heavy atom. The van der Waals surface area contributed by atoms with Crippen LogP contribution in [0.4, 0.5) is 14.7 Å². The van der Waals surface area contributed by atoms with Crippen molar-refractivity contribution in [2.75, 3.05) is 11.9 Å². The van der Waals surface area contributed by atoms with Gasteiger partial charge in [0, 0.05) is 15.7 Å². The van der Waals surface area contributed by atoms with Gasteiger partial charge in [0.25, 0.3) is 0 Å². The quantitative estimate of drug-likeness (QED) is 0.730. The number of nitrogens with zero attached hydrogens (tertiary/aromatic N) is 4. The van der Waals surface area contributed by atoms with Gasteiger partial charge in [0.05, 0.1) is 12.2 Å². The SMILES string of the molecule is CCOC(=O)C1=C(C)Nc2nnnn2C1c1cc(Br)ccc1OC(F)F. The summed E-state index contributed by atoms with van der Waals surface area (Å²) >= 11 is 3.31. The van der Waals surface area contributed by atoms with Gasteiger partial charge in [-0.1, -0.05) is 21.0 Å². The van der Waals surface area contributed by atoms with Gasteiger partial charge < -0.3 is 14.8 Å². The first-order chi connectivity index (χ1) is 12.4. The number of allylic oxidation sites excluding steroid dienone is 1. The standard InChI is InChI=1S/C15H14BrF2N5O3/c1-3-25-13(24)11-7(2)19-15-20-21-22-23(15)12(11)9-6-8(16)4-5-10(9)26-14(17)18/h4-6,12,14H,3H2,1-2H3,(H,19,20,22). The van der Waals surface area contributed by atoms with E-state index < -0.39 is 18.6 Å². The number of alkyl halides is 2. The highest BCUT2D eigenvalue weighted by Gasteiger charge is 2.37. The number of carbonyl (C=O) groups is 1. The van der Waals surface area contributed by atoms with E-state index in [-0.39, 0.29) is 29.4 Å². The van der Waals surface area contributed by atoms with Crippen LogP contribution in [0, 0.1) is 0 Å². The number of carbonyl (C=O) groups excluding carboxylic acids is 1. The fraction of sp³-hybridized carbons (Fsp3) is 0.333. The Hall–Kier alpha value is -2.56. The van der Waals surface area contributed by atoms with Crippen LogP contribution in [0.2, 0.25) is 0 Å². The molecular weight excluding hydrogens is 416 g/mol. The Morgan fingerprint density at radius 1 is 1.46 bits per heavy atom. The van der Waals surface area contributed by atoms with Crippen molar-refractivity contribution >= 4 is 27.8 Å². The number of hydrogen-bond acceptors (Lipinski definition) is 7. The highest BCUT2D eigenvalue weighted by Crippen LogP contribution is 2.40. The van der Waals surface area contributed by atoms with E-state index in [0.29, 0.717) is 10.2 Å². The number of benzene rings is 1. The molecule has 11 heteroatoms. The molecule has 1 aromatic heterocycles. The molecule has 0 spiro atoms. The molecule has 1 atom stereocenters. The van der Waals surface area contributed by atoms with Crippen LogP contribution in [-0.2, 0) is 9.53 Å². The zero-order chi connectivity index (χ0) is 18.8. The number of rotatable bonds is 5. The number of esters is 1. The van der Waals surface area contributed by atoms with E-state index in [4.69, 9.17) is 4.74 Å². The molecule has 1 aliphatic rings. The predicted molar refractivity (Wildman–Crippen MR) is 89.7 cm³/mol. The molecule has 1 aliphatic heterocycles. The van der Waals surface area contributed by atoms with Crippen LogP contribution in [0.3, 0.4) is 0 Å². The minimum absolute atomic E-state index is 0.0915. The number of nitrogens with one attached hydrogen (secondary N) is 1. The molecule has 0 saturated heterocycles. The minimum Gasteiger partial charge on any atom is -0.463 e. The molecule has 0 amide bonds. The highest BCUT2D eigenvalue weighted by atomic mass is 79.9. The van der Waals surface area contributed by atoms with E-state index in [1.54, 1.807) is 26.0 Å². The van der Waals surface area contributed by atoms with Crippen LogP contribution >= 0.6 is 15.9 Å². The first-order valence-corrected chi connectivity index (χ1v) is 8.38. The van der Waals surface area contributed by atoms with Gasteiger partial charge >= 0.3 is 12.6 Å². The maximum atomic E-state index is 12.9. The van der Waals surface area contributed by atoms with E-state index in [2.05, 4.69) is 41.5 Å². The van der Waals surface area contributed by atoms with Crippen LogP contribution in [0.5, 0.6) is 5.75 Å². The van der Waals surface area contributed by atoms with Crippen molar-refractivity contribution in [3.8, 4) is 5.75 Å². The number of anilines is 1. The van der Waals surface area contributed by atoms with E-state index >= 15 is 0 Å². The zero-order valence-electron chi connectivity index (χ0n) is 13.7. The molecule has 1 unspecified atom stereocenters. The molecule has 0 radical (unpaired) electrons. The number of halogens is 3. The van der Waals surface area contributed by atoms with Gasteiger partial charge in [-0.3, -0.25) is 0 Å². The molecular formula is C15H14BrF2N5O3. The second-order valence-electron chi connectivity index (χ2n) is 5.29. The summed E-state index contributed by atoms with van der Waals surface area (Å²) in [6, 6.07) is 3.62. The number of aromatic nitrogens is 4. The summed E-state index contributed by atoms with van der Waals surface area (Å²) in [4.78, 5) is 12.5. The Morgan fingerprint density at radius 2 is 2.23 bits per heavy atom. The molecule has 1 aromatic carbocycles. The summed E-state index contributed by atoms with van der Waals surface area (Å²) in [5.74, 6) is -0.429. The Bertz CT molecular complexity index is 871. The lowest BCUT2D eigenvalue weighted by Crippen LogP contribution is -2.30. The van der Waals surface area contributed by atoms with Gasteiger partial charge in [-0.05, 0) is 42.5 Å². The third kappa shape index (κ3) is 3.39. The fourth-order valence-electron chi connectivity index (χ4n) is 2.71. The van der Waals surface area contributed by atoms with Crippen molar-refractivity contribution in [3.05, 3.63) is 39.5 Å². The van der Waals surface area contributed by atoms with Crippen LogP contribution in [-0.4, -0.2) is 39.4 Å². The molecule has 138 valence electrons. The predicted octanol–water partition coefficient (Wildman–Crippen LogP) is 2.89. The molecule has 8 nitrogen and oxygen atoms in total. The van der Waals surface area contributed by atoms with Gasteiger partial charge in [-0.15, -0.1) is 0 Å². The van der Waals surface area contributed by atoms with Crippen molar-refractivity contribution < 1.29 is 23.0 Å². The largest absolute Gasteiger partial charge is 0.463 e. The van der Waals surface area contributed by atoms with Gasteiger partial charge in [0.2, 0.25) is 5.95 Å². The molecule has 0 aliphatic carbocycles. The van der Waals surface area contributed by atoms with E-state index in [9.17, 15) is 13.6 Å². The third-order valence-corrected chi connectivity index (χ3v) is 4.19. The number of hydrogen-bond donors (Lipinski definition) is 1. The summed E-state index contributed by atoms with van der Waals surface area (Å²) in [6.45, 7) is 0.458. The molecule has 0 fully saturated rings. The highest BCUT2D eigenvalue weighted by molar-refractivity contribution is 9.10. The Kier molecular flexibility index (Phi) is 5.16. The van der Waals surface area contributed by atoms with Crippen molar-refractivity contribution in [1.82, 2.24) is 20.2 Å². The van der Waals surface area contributed by atoms with Gasteiger partial charge in [-0.2, -0.15) is 13.5 Å². The average molecular weight is 430 g/mol. The summed E-state index contributed by atoms with van der Waals surface area (Å²) in [5.41, 5.74) is 0.944. The zero-order valence-corrected chi connectivity index (χ0v) is 15.3. The molecule has 0 bridgehead atoms.